The number of ether oxygens (including phenoxy) is 2. The summed E-state index contributed by atoms with van der Waals surface area (Å²) >= 11 is 0. The lowest BCUT2D eigenvalue weighted by Crippen LogP contribution is -2.30. The van der Waals surface area contributed by atoms with E-state index < -0.39 is 6.10 Å². The Bertz CT molecular complexity index is 621. The van der Waals surface area contributed by atoms with Crippen molar-refractivity contribution in [3.63, 3.8) is 0 Å². The number of hydrogen-bond acceptors (Lipinski definition) is 3. The molecule has 0 aliphatic carbocycles. The Kier molecular flexibility index (Phi) is 3.91. The molecule has 3 nitrogen and oxygen atoms in total. The smallest absolute Gasteiger partial charge is 0.347 e. The SMILES string of the molecule is CC1c2ccccc2OC1C(=O)OCCc1ccccc1. The van der Waals surface area contributed by atoms with E-state index in [-0.39, 0.29) is 11.9 Å². The van der Waals surface area contributed by atoms with Crippen LogP contribution in [0.25, 0.3) is 0 Å². The van der Waals surface area contributed by atoms with Gasteiger partial charge in [0.05, 0.1) is 6.61 Å². The van der Waals surface area contributed by atoms with Gasteiger partial charge in [0.15, 0.2) is 0 Å². The van der Waals surface area contributed by atoms with Crippen LogP contribution >= 0.6 is 0 Å². The molecule has 2 atom stereocenters. The average molecular weight is 282 g/mol. The first-order chi connectivity index (χ1) is 10.3. The molecule has 1 aliphatic heterocycles. The maximum absolute atomic E-state index is 12.2. The van der Waals surface area contributed by atoms with Crippen LogP contribution in [0.1, 0.15) is 24.0 Å². The van der Waals surface area contributed by atoms with E-state index in [4.69, 9.17) is 9.47 Å². The van der Waals surface area contributed by atoms with Crippen LogP contribution in [0, 0.1) is 0 Å². The first kappa shape index (κ1) is 13.7. The molecule has 21 heavy (non-hydrogen) atoms. The van der Waals surface area contributed by atoms with E-state index in [1.807, 2.05) is 61.5 Å². The second-order valence-electron chi connectivity index (χ2n) is 5.27. The zero-order chi connectivity index (χ0) is 14.7. The highest BCUT2D eigenvalue weighted by Crippen LogP contribution is 2.37. The van der Waals surface area contributed by atoms with Gasteiger partial charge in [-0.15, -0.1) is 0 Å². The Hall–Kier alpha value is -2.29. The van der Waals surface area contributed by atoms with Crippen LogP contribution in [-0.2, 0) is 16.0 Å². The molecular weight excluding hydrogens is 264 g/mol. The zero-order valence-electron chi connectivity index (χ0n) is 12.0. The molecular formula is C18H18O3. The van der Waals surface area contributed by atoms with Gasteiger partial charge in [-0.2, -0.15) is 0 Å². The molecule has 0 spiro atoms. The van der Waals surface area contributed by atoms with Crippen molar-refractivity contribution >= 4 is 5.97 Å². The summed E-state index contributed by atoms with van der Waals surface area (Å²) in [6.07, 6.45) is 0.193. The summed E-state index contributed by atoms with van der Waals surface area (Å²) in [5.41, 5.74) is 2.23. The molecule has 2 aromatic carbocycles. The maximum Gasteiger partial charge on any atom is 0.347 e. The molecule has 0 saturated heterocycles. The maximum atomic E-state index is 12.2. The highest BCUT2D eigenvalue weighted by Gasteiger charge is 2.37. The normalized spacial score (nSPS) is 19.7. The molecule has 108 valence electrons. The number of esters is 1. The molecule has 0 bridgehead atoms. The van der Waals surface area contributed by atoms with E-state index in [2.05, 4.69) is 0 Å². The highest BCUT2D eigenvalue weighted by atomic mass is 16.6. The van der Waals surface area contributed by atoms with Gasteiger partial charge in [0, 0.05) is 17.9 Å². The van der Waals surface area contributed by atoms with Crippen molar-refractivity contribution in [3.05, 3.63) is 65.7 Å². The van der Waals surface area contributed by atoms with E-state index in [1.54, 1.807) is 0 Å². The fraction of sp³-hybridized carbons (Fsp3) is 0.278. The molecule has 3 rings (SSSR count). The van der Waals surface area contributed by atoms with E-state index in [0.717, 1.165) is 23.3 Å². The van der Waals surface area contributed by atoms with Crippen LogP contribution in [0.4, 0.5) is 0 Å². The van der Waals surface area contributed by atoms with Crippen LogP contribution in [0.2, 0.25) is 0 Å². The number of hydrogen-bond donors (Lipinski definition) is 0. The molecule has 0 amide bonds. The van der Waals surface area contributed by atoms with Gasteiger partial charge in [-0.25, -0.2) is 4.79 Å². The lowest BCUT2D eigenvalue weighted by molar-refractivity contribution is -0.151. The minimum absolute atomic E-state index is 0.0328. The molecule has 0 saturated carbocycles. The molecule has 2 aromatic rings. The third-order valence-corrected chi connectivity index (χ3v) is 3.83. The van der Waals surface area contributed by atoms with Gasteiger partial charge in [0.2, 0.25) is 6.10 Å². The summed E-state index contributed by atoms with van der Waals surface area (Å²) in [5, 5.41) is 0. The van der Waals surface area contributed by atoms with Crippen molar-refractivity contribution < 1.29 is 14.3 Å². The van der Waals surface area contributed by atoms with Gasteiger partial charge in [-0.05, 0) is 11.6 Å². The molecule has 0 fully saturated rings. The monoisotopic (exact) mass is 282 g/mol. The van der Waals surface area contributed by atoms with Crippen molar-refractivity contribution in [2.45, 2.75) is 25.4 Å². The summed E-state index contributed by atoms with van der Waals surface area (Å²) in [4.78, 5) is 12.2. The van der Waals surface area contributed by atoms with Gasteiger partial charge in [-0.1, -0.05) is 55.5 Å². The summed E-state index contributed by atoms with van der Waals surface area (Å²) in [6.45, 7) is 2.38. The number of rotatable bonds is 4. The van der Waals surface area contributed by atoms with Crippen LogP contribution < -0.4 is 4.74 Å². The van der Waals surface area contributed by atoms with Crippen molar-refractivity contribution in [2.75, 3.05) is 6.61 Å². The van der Waals surface area contributed by atoms with Gasteiger partial charge < -0.3 is 9.47 Å². The van der Waals surface area contributed by atoms with Crippen molar-refractivity contribution in [2.24, 2.45) is 0 Å². The Morgan fingerprint density at radius 3 is 2.57 bits per heavy atom. The first-order valence-corrected chi connectivity index (χ1v) is 7.22. The zero-order valence-corrected chi connectivity index (χ0v) is 12.0. The Balaban J connectivity index is 1.55. The highest BCUT2D eigenvalue weighted by molar-refractivity contribution is 5.78. The molecule has 0 radical (unpaired) electrons. The Morgan fingerprint density at radius 1 is 1.10 bits per heavy atom. The van der Waals surface area contributed by atoms with Crippen LogP contribution in [-0.4, -0.2) is 18.7 Å². The summed E-state index contributed by atoms with van der Waals surface area (Å²) < 4.78 is 11.1. The largest absolute Gasteiger partial charge is 0.478 e. The molecule has 1 heterocycles. The molecule has 2 unspecified atom stereocenters. The van der Waals surface area contributed by atoms with Crippen molar-refractivity contribution in [3.8, 4) is 5.75 Å². The lowest BCUT2D eigenvalue weighted by atomic mass is 9.98. The predicted octanol–water partition coefficient (Wildman–Crippen LogP) is 3.34. The Labute approximate surface area is 124 Å². The average Bonchev–Trinajstić information content (AvgIpc) is 2.86. The third-order valence-electron chi connectivity index (χ3n) is 3.83. The molecule has 0 N–H and O–H groups in total. The number of carbonyl (C=O) groups is 1. The van der Waals surface area contributed by atoms with E-state index in [1.165, 1.54) is 0 Å². The van der Waals surface area contributed by atoms with Gasteiger partial charge in [-0.3, -0.25) is 0 Å². The van der Waals surface area contributed by atoms with Crippen LogP contribution in [0.15, 0.2) is 54.6 Å². The summed E-state index contributed by atoms with van der Waals surface area (Å²) in [7, 11) is 0. The third kappa shape index (κ3) is 2.92. The molecule has 3 heteroatoms. The number of benzene rings is 2. The van der Waals surface area contributed by atoms with E-state index in [9.17, 15) is 4.79 Å². The van der Waals surface area contributed by atoms with E-state index >= 15 is 0 Å². The minimum atomic E-state index is -0.529. The standard InChI is InChI=1S/C18H18O3/c1-13-15-9-5-6-10-16(15)21-17(13)18(19)20-12-11-14-7-3-2-4-8-14/h2-10,13,17H,11-12H2,1H3. The predicted molar refractivity (Wildman–Crippen MR) is 80.4 cm³/mol. The number of carbonyl (C=O) groups excluding carboxylic acids is 1. The first-order valence-electron chi connectivity index (χ1n) is 7.22. The quantitative estimate of drug-likeness (QED) is 0.807. The second-order valence-corrected chi connectivity index (χ2v) is 5.27. The van der Waals surface area contributed by atoms with Crippen molar-refractivity contribution in [1.82, 2.24) is 0 Å². The van der Waals surface area contributed by atoms with Gasteiger partial charge in [0.1, 0.15) is 5.75 Å². The van der Waals surface area contributed by atoms with Crippen molar-refractivity contribution in [1.29, 1.82) is 0 Å². The second kappa shape index (κ2) is 6.00. The van der Waals surface area contributed by atoms with Crippen LogP contribution in [0.3, 0.4) is 0 Å². The topological polar surface area (TPSA) is 35.5 Å². The molecule has 0 aromatic heterocycles. The lowest BCUT2D eigenvalue weighted by Gasteiger charge is -2.14. The fourth-order valence-electron chi connectivity index (χ4n) is 2.61. The number of fused-ring (bicyclic) bond motifs is 1. The molecule has 1 aliphatic rings. The van der Waals surface area contributed by atoms with Gasteiger partial charge >= 0.3 is 5.97 Å². The fourth-order valence-corrected chi connectivity index (χ4v) is 2.61. The number of para-hydroxylation sites is 1. The minimum Gasteiger partial charge on any atom is -0.478 e. The summed E-state index contributed by atoms with van der Waals surface area (Å²) in [5.74, 6) is 0.537. The Morgan fingerprint density at radius 2 is 1.81 bits per heavy atom. The van der Waals surface area contributed by atoms with Crippen LogP contribution in [0.5, 0.6) is 5.75 Å². The van der Waals surface area contributed by atoms with E-state index in [0.29, 0.717) is 6.61 Å². The van der Waals surface area contributed by atoms with Gasteiger partial charge in [0.25, 0.3) is 0 Å². The summed E-state index contributed by atoms with van der Waals surface area (Å²) in [6, 6.07) is 17.8.